The van der Waals surface area contributed by atoms with E-state index >= 15 is 0 Å². The van der Waals surface area contributed by atoms with Crippen molar-refractivity contribution in [2.24, 2.45) is 5.73 Å². The Hall–Kier alpha value is -1.33. The summed E-state index contributed by atoms with van der Waals surface area (Å²) in [5.41, 5.74) is 5.62. The second kappa shape index (κ2) is 7.45. The Morgan fingerprint density at radius 3 is 2.65 bits per heavy atom. The summed E-state index contributed by atoms with van der Waals surface area (Å²) in [6, 6.07) is 3.82. The molecular formula is C15H27N3O2. The summed E-state index contributed by atoms with van der Waals surface area (Å²) in [5, 5.41) is 2.98. The van der Waals surface area contributed by atoms with Gasteiger partial charge in [0.25, 0.3) is 0 Å². The zero-order chi connectivity index (χ0) is 15.2. The number of nitrogens with zero attached hydrogens (tertiary/aromatic N) is 1. The van der Waals surface area contributed by atoms with E-state index in [1.54, 1.807) is 6.26 Å². The van der Waals surface area contributed by atoms with Gasteiger partial charge in [-0.05, 0) is 39.4 Å². The first kappa shape index (κ1) is 16.7. The third-order valence-electron chi connectivity index (χ3n) is 3.07. The van der Waals surface area contributed by atoms with Crippen molar-refractivity contribution < 1.29 is 9.21 Å². The first-order valence-corrected chi connectivity index (χ1v) is 7.13. The van der Waals surface area contributed by atoms with Gasteiger partial charge >= 0.3 is 0 Å². The third kappa shape index (κ3) is 5.75. The smallest absolute Gasteiger partial charge is 0.222 e. The molecule has 0 aliphatic rings. The molecule has 5 heteroatoms. The molecule has 3 N–H and O–H groups in total. The number of carbonyl (C=O) groups excluding carboxylic acids is 1. The third-order valence-corrected chi connectivity index (χ3v) is 3.07. The Balaban J connectivity index is 2.60. The number of nitrogens with two attached hydrogens (primary N) is 1. The molecule has 1 heterocycles. The summed E-state index contributed by atoms with van der Waals surface area (Å²) in [7, 11) is 0. The lowest BCUT2D eigenvalue weighted by atomic mass is 10.1. The van der Waals surface area contributed by atoms with Crippen molar-refractivity contribution in [3.63, 3.8) is 0 Å². The molecule has 1 aromatic rings. The Labute approximate surface area is 121 Å². The maximum atomic E-state index is 12.0. The predicted molar refractivity (Wildman–Crippen MR) is 80.1 cm³/mol. The van der Waals surface area contributed by atoms with Crippen LogP contribution in [0, 0.1) is 0 Å². The van der Waals surface area contributed by atoms with E-state index in [4.69, 9.17) is 10.2 Å². The zero-order valence-corrected chi connectivity index (χ0v) is 13.0. The Bertz CT molecular complexity index is 396. The zero-order valence-electron chi connectivity index (χ0n) is 13.0. The number of likely N-dealkylation sites (N-methyl/N-ethyl adjacent to an activating group) is 1. The largest absolute Gasteiger partial charge is 0.468 e. The van der Waals surface area contributed by atoms with Gasteiger partial charge in [0, 0.05) is 24.5 Å². The minimum Gasteiger partial charge on any atom is -0.468 e. The van der Waals surface area contributed by atoms with Crippen molar-refractivity contribution in [3.8, 4) is 0 Å². The van der Waals surface area contributed by atoms with Gasteiger partial charge in [0.15, 0.2) is 0 Å². The predicted octanol–water partition coefficient (Wildman–Crippen LogP) is 1.73. The van der Waals surface area contributed by atoms with Gasteiger partial charge in [-0.2, -0.15) is 0 Å². The first-order chi connectivity index (χ1) is 9.35. The molecule has 0 fully saturated rings. The molecule has 0 aliphatic carbocycles. The SMILES string of the molecule is CCN(Cc1ccco1)C(CN)CC(=O)NC(C)(C)C. The van der Waals surface area contributed by atoms with Crippen LogP contribution < -0.4 is 11.1 Å². The van der Waals surface area contributed by atoms with Crippen LogP contribution >= 0.6 is 0 Å². The average molecular weight is 281 g/mol. The van der Waals surface area contributed by atoms with Crippen molar-refractivity contribution in [2.75, 3.05) is 13.1 Å². The van der Waals surface area contributed by atoms with Gasteiger partial charge in [0.05, 0.1) is 12.8 Å². The molecular weight excluding hydrogens is 254 g/mol. The number of amides is 1. The van der Waals surface area contributed by atoms with Gasteiger partial charge in [-0.1, -0.05) is 6.92 Å². The van der Waals surface area contributed by atoms with E-state index in [0.29, 0.717) is 19.5 Å². The lowest BCUT2D eigenvalue weighted by molar-refractivity contribution is -0.123. The van der Waals surface area contributed by atoms with Crippen LogP contribution in [0.1, 0.15) is 39.9 Å². The van der Waals surface area contributed by atoms with Crippen LogP contribution in [0.5, 0.6) is 0 Å². The van der Waals surface area contributed by atoms with Crippen molar-refractivity contribution in [2.45, 2.75) is 52.2 Å². The van der Waals surface area contributed by atoms with Gasteiger partial charge in [-0.3, -0.25) is 9.69 Å². The number of carbonyl (C=O) groups is 1. The fourth-order valence-electron chi connectivity index (χ4n) is 2.15. The fraction of sp³-hybridized carbons (Fsp3) is 0.667. The summed E-state index contributed by atoms with van der Waals surface area (Å²) in [4.78, 5) is 14.2. The minimum atomic E-state index is -0.214. The maximum absolute atomic E-state index is 12.0. The quantitative estimate of drug-likeness (QED) is 0.798. The lowest BCUT2D eigenvalue weighted by Crippen LogP contribution is -2.47. The maximum Gasteiger partial charge on any atom is 0.222 e. The number of rotatable bonds is 7. The fourth-order valence-corrected chi connectivity index (χ4v) is 2.15. The van der Waals surface area contributed by atoms with E-state index in [2.05, 4.69) is 17.1 Å². The highest BCUT2D eigenvalue weighted by molar-refractivity contribution is 5.77. The van der Waals surface area contributed by atoms with Crippen molar-refractivity contribution >= 4 is 5.91 Å². The lowest BCUT2D eigenvalue weighted by Gasteiger charge is -2.30. The summed E-state index contributed by atoms with van der Waals surface area (Å²) in [6.45, 7) is 9.94. The molecule has 1 amide bonds. The van der Waals surface area contributed by atoms with Crippen molar-refractivity contribution in [1.82, 2.24) is 10.2 Å². The van der Waals surface area contributed by atoms with Crippen molar-refractivity contribution in [1.29, 1.82) is 0 Å². The van der Waals surface area contributed by atoms with Crippen LogP contribution in [-0.2, 0) is 11.3 Å². The van der Waals surface area contributed by atoms with E-state index in [-0.39, 0.29) is 17.5 Å². The van der Waals surface area contributed by atoms with Gasteiger partial charge in [0.1, 0.15) is 5.76 Å². The molecule has 0 aromatic carbocycles. The van der Waals surface area contributed by atoms with Gasteiger partial charge in [0.2, 0.25) is 5.91 Å². The molecule has 1 unspecified atom stereocenters. The van der Waals surface area contributed by atoms with E-state index < -0.39 is 0 Å². The summed E-state index contributed by atoms with van der Waals surface area (Å²) in [5.74, 6) is 0.923. The van der Waals surface area contributed by atoms with Crippen molar-refractivity contribution in [3.05, 3.63) is 24.2 Å². The Kier molecular flexibility index (Phi) is 6.23. The van der Waals surface area contributed by atoms with E-state index in [9.17, 15) is 4.79 Å². The standard InChI is InChI=1S/C15H27N3O2/c1-5-18(11-13-7-6-8-20-13)12(10-16)9-14(19)17-15(2,3)4/h6-8,12H,5,9-11,16H2,1-4H3,(H,17,19). The molecule has 114 valence electrons. The highest BCUT2D eigenvalue weighted by Gasteiger charge is 2.22. The van der Waals surface area contributed by atoms with Crippen LogP contribution in [0.25, 0.3) is 0 Å². The van der Waals surface area contributed by atoms with Crippen LogP contribution in [0.3, 0.4) is 0 Å². The minimum absolute atomic E-state index is 0.0208. The molecule has 1 atom stereocenters. The molecule has 0 aliphatic heterocycles. The number of nitrogens with one attached hydrogen (secondary N) is 1. The molecule has 1 aromatic heterocycles. The van der Waals surface area contributed by atoms with E-state index in [1.807, 2.05) is 32.9 Å². The normalized spacial score (nSPS) is 13.5. The van der Waals surface area contributed by atoms with E-state index in [0.717, 1.165) is 12.3 Å². The van der Waals surface area contributed by atoms with Crippen LogP contribution in [-0.4, -0.2) is 35.5 Å². The highest BCUT2D eigenvalue weighted by atomic mass is 16.3. The highest BCUT2D eigenvalue weighted by Crippen LogP contribution is 2.11. The average Bonchev–Trinajstić information content (AvgIpc) is 2.84. The molecule has 0 spiro atoms. The van der Waals surface area contributed by atoms with E-state index in [1.165, 1.54) is 0 Å². The van der Waals surface area contributed by atoms with Crippen LogP contribution in [0.15, 0.2) is 22.8 Å². The topological polar surface area (TPSA) is 71.5 Å². The Morgan fingerprint density at radius 2 is 2.20 bits per heavy atom. The molecule has 1 rings (SSSR count). The monoisotopic (exact) mass is 281 g/mol. The Morgan fingerprint density at radius 1 is 1.50 bits per heavy atom. The molecule has 0 bridgehead atoms. The summed E-state index contributed by atoms with van der Waals surface area (Å²) in [6.07, 6.45) is 2.06. The molecule has 20 heavy (non-hydrogen) atoms. The van der Waals surface area contributed by atoms with Gasteiger partial charge in [-0.15, -0.1) is 0 Å². The summed E-state index contributed by atoms with van der Waals surface area (Å²) < 4.78 is 5.36. The second-order valence-electron chi connectivity index (χ2n) is 6.03. The molecule has 0 radical (unpaired) electrons. The number of furan rings is 1. The first-order valence-electron chi connectivity index (χ1n) is 7.13. The molecule has 5 nitrogen and oxygen atoms in total. The summed E-state index contributed by atoms with van der Waals surface area (Å²) >= 11 is 0. The van der Waals surface area contributed by atoms with Crippen LogP contribution in [0.2, 0.25) is 0 Å². The van der Waals surface area contributed by atoms with Gasteiger partial charge < -0.3 is 15.5 Å². The van der Waals surface area contributed by atoms with Crippen LogP contribution in [0.4, 0.5) is 0 Å². The number of hydrogen-bond donors (Lipinski definition) is 2. The van der Waals surface area contributed by atoms with Gasteiger partial charge in [-0.25, -0.2) is 0 Å². The number of hydrogen-bond acceptors (Lipinski definition) is 4. The molecule has 0 saturated carbocycles. The molecule has 0 saturated heterocycles. The second-order valence-corrected chi connectivity index (χ2v) is 6.03.